The lowest BCUT2D eigenvalue weighted by Crippen LogP contribution is -2.13. The number of anilines is 1. The van der Waals surface area contributed by atoms with Crippen molar-refractivity contribution in [1.29, 1.82) is 0 Å². The molecule has 25 heavy (non-hydrogen) atoms. The number of thiazole rings is 1. The van der Waals surface area contributed by atoms with Gasteiger partial charge in [-0.2, -0.15) is 0 Å². The number of nitrogens with one attached hydrogen (secondary N) is 1. The Kier molecular flexibility index (Phi) is 5.78. The molecule has 0 aliphatic carbocycles. The summed E-state index contributed by atoms with van der Waals surface area (Å²) in [5, 5.41) is 3.46. The van der Waals surface area contributed by atoms with Crippen molar-refractivity contribution in [2.75, 3.05) is 24.8 Å². The van der Waals surface area contributed by atoms with Gasteiger partial charge >= 0.3 is 0 Å². The summed E-state index contributed by atoms with van der Waals surface area (Å²) in [4.78, 5) is 17.6. The minimum Gasteiger partial charge on any atom is -0.497 e. The Labute approximate surface area is 154 Å². The van der Waals surface area contributed by atoms with Crippen LogP contribution in [0.2, 0.25) is 0 Å². The van der Waals surface area contributed by atoms with E-state index in [2.05, 4.69) is 10.3 Å². The van der Waals surface area contributed by atoms with Crippen molar-refractivity contribution in [3.63, 3.8) is 0 Å². The number of benzene rings is 2. The van der Waals surface area contributed by atoms with Crippen LogP contribution in [0.5, 0.6) is 11.5 Å². The van der Waals surface area contributed by atoms with Gasteiger partial charge in [-0.05, 0) is 49.4 Å². The molecule has 0 bridgehead atoms. The number of aromatic nitrogens is 1. The van der Waals surface area contributed by atoms with E-state index >= 15 is 0 Å². The SMILES string of the molecule is CCOc1ccc2nc(NC(=O)CSc3ccc(OC)cc3)sc2c1. The van der Waals surface area contributed by atoms with E-state index < -0.39 is 0 Å². The monoisotopic (exact) mass is 374 g/mol. The first-order chi connectivity index (χ1) is 12.2. The van der Waals surface area contributed by atoms with Crippen LogP contribution in [0.1, 0.15) is 6.92 Å². The minimum atomic E-state index is -0.0788. The molecule has 1 amide bonds. The van der Waals surface area contributed by atoms with Crippen molar-refractivity contribution in [3.05, 3.63) is 42.5 Å². The maximum absolute atomic E-state index is 12.1. The number of carbonyl (C=O) groups is 1. The van der Waals surface area contributed by atoms with Gasteiger partial charge in [0.05, 0.1) is 29.7 Å². The van der Waals surface area contributed by atoms with Crippen LogP contribution in [0.25, 0.3) is 10.2 Å². The second-order valence-corrected chi connectivity index (χ2v) is 7.17. The Hall–Kier alpha value is -2.25. The van der Waals surface area contributed by atoms with Crippen LogP contribution in [-0.4, -0.2) is 30.4 Å². The highest BCUT2D eigenvalue weighted by atomic mass is 32.2. The molecule has 5 nitrogen and oxygen atoms in total. The molecule has 2 aromatic carbocycles. The number of methoxy groups -OCH3 is 1. The third-order valence-electron chi connectivity index (χ3n) is 3.35. The Morgan fingerprint density at radius 1 is 1.20 bits per heavy atom. The number of thioether (sulfide) groups is 1. The van der Waals surface area contributed by atoms with Gasteiger partial charge in [-0.3, -0.25) is 4.79 Å². The number of nitrogens with zero attached hydrogens (tertiary/aromatic N) is 1. The number of carbonyl (C=O) groups excluding carboxylic acids is 1. The van der Waals surface area contributed by atoms with Gasteiger partial charge in [0.2, 0.25) is 5.91 Å². The van der Waals surface area contributed by atoms with Crippen molar-refractivity contribution in [2.45, 2.75) is 11.8 Å². The largest absolute Gasteiger partial charge is 0.497 e. The lowest BCUT2D eigenvalue weighted by atomic mass is 10.3. The fourth-order valence-electron chi connectivity index (χ4n) is 2.19. The van der Waals surface area contributed by atoms with Gasteiger partial charge in [-0.1, -0.05) is 11.3 Å². The predicted molar refractivity (Wildman–Crippen MR) is 103 cm³/mol. The Morgan fingerprint density at radius 3 is 2.68 bits per heavy atom. The Bertz CT molecular complexity index is 862. The van der Waals surface area contributed by atoms with Crippen LogP contribution in [0.3, 0.4) is 0 Å². The average Bonchev–Trinajstić information content (AvgIpc) is 3.02. The fraction of sp³-hybridized carbons (Fsp3) is 0.222. The van der Waals surface area contributed by atoms with Crippen molar-refractivity contribution >= 4 is 44.4 Å². The third kappa shape index (κ3) is 4.64. The number of hydrogen-bond acceptors (Lipinski definition) is 6. The maximum atomic E-state index is 12.1. The van der Waals surface area contributed by atoms with Gasteiger partial charge in [-0.15, -0.1) is 11.8 Å². The van der Waals surface area contributed by atoms with Crippen molar-refractivity contribution in [1.82, 2.24) is 4.98 Å². The number of rotatable bonds is 7. The zero-order chi connectivity index (χ0) is 17.6. The molecule has 0 aliphatic heterocycles. The highest BCUT2D eigenvalue weighted by molar-refractivity contribution is 8.00. The van der Waals surface area contributed by atoms with Crippen molar-refractivity contribution in [2.24, 2.45) is 0 Å². The molecule has 1 aromatic heterocycles. The summed E-state index contributed by atoms with van der Waals surface area (Å²) < 4.78 is 11.6. The van der Waals surface area contributed by atoms with Crippen LogP contribution in [0.4, 0.5) is 5.13 Å². The lowest BCUT2D eigenvalue weighted by molar-refractivity contribution is -0.113. The molecule has 0 unspecified atom stereocenters. The highest BCUT2D eigenvalue weighted by Gasteiger charge is 2.09. The molecule has 0 saturated heterocycles. The van der Waals surface area contributed by atoms with Crippen molar-refractivity contribution in [3.8, 4) is 11.5 Å². The molecule has 0 spiro atoms. The zero-order valence-corrected chi connectivity index (χ0v) is 15.6. The van der Waals surface area contributed by atoms with E-state index in [9.17, 15) is 4.79 Å². The van der Waals surface area contributed by atoms with E-state index in [1.54, 1.807) is 7.11 Å². The minimum absolute atomic E-state index is 0.0788. The van der Waals surface area contributed by atoms with Crippen LogP contribution < -0.4 is 14.8 Å². The third-order valence-corrected chi connectivity index (χ3v) is 5.29. The lowest BCUT2D eigenvalue weighted by Gasteiger charge is -2.03. The van der Waals surface area contributed by atoms with Crippen molar-refractivity contribution < 1.29 is 14.3 Å². The number of ether oxygens (including phenoxy) is 2. The molecule has 3 aromatic rings. The molecule has 3 rings (SSSR count). The smallest absolute Gasteiger partial charge is 0.236 e. The molecule has 0 atom stereocenters. The van der Waals surface area contributed by atoms with Gasteiger partial charge < -0.3 is 14.8 Å². The predicted octanol–water partition coefficient (Wildman–Crippen LogP) is 4.43. The summed E-state index contributed by atoms with van der Waals surface area (Å²) in [7, 11) is 1.63. The van der Waals surface area contributed by atoms with E-state index in [1.807, 2.05) is 49.4 Å². The van der Waals surface area contributed by atoms with Gasteiger partial charge in [0.25, 0.3) is 0 Å². The molecule has 1 N–H and O–H groups in total. The number of hydrogen-bond donors (Lipinski definition) is 1. The Balaban J connectivity index is 1.59. The molecular weight excluding hydrogens is 356 g/mol. The molecule has 0 aliphatic rings. The number of amides is 1. The summed E-state index contributed by atoms with van der Waals surface area (Å²) in [6.45, 7) is 2.57. The first-order valence-corrected chi connectivity index (χ1v) is 9.58. The quantitative estimate of drug-likeness (QED) is 0.620. The molecule has 0 fully saturated rings. The first-order valence-electron chi connectivity index (χ1n) is 7.78. The fourth-order valence-corrected chi connectivity index (χ4v) is 3.80. The zero-order valence-electron chi connectivity index (χ0n) is 13.9. The topological polar surface area (TPSA) is 60.5 Å². The Morgan fingerprint density at radius 2 is 1.96 bits per heavy atom. The van der Waals surface area contributed by atoms with Crippen LogP contribution in [0, 0.1) is 0 Å². The van der Waals surface area contributed by atoms with E-state index in [-0.39, 0.29) is 5.91 Å². The summed E-state index contributed by atoms with van der Waals surface area (Å²) in [5.74, 6) is 1.86. The summed E-state index contributed by atoms with van der Waals surface area (Å²) >= 11 is 2.92. The number of fused-ring (bicyclic) bond motifs is 1. The summed E-state index contributed by atoms with van der Waals surface area (Å²) in [6.07, 6.45) is 0. The molecular formula is C18H18N2O3S2. The second kappa shape index (κ2) is 8.22. The van der Waals surface area contributed by atoms with E-state index in [4.69, 9.17) is 9.47 Å². The maximum Gasteiger partial charge on any atom is 0.236 e. The molecule has 130 valence electrons. The first kappa shape index (κ1) is 17.6. The summed E-state index contributed by atoms with van der Waals surface area (Å²) in [5.41, 5.74) is 0.853. The highest BCUT2D eigenvalue weighted by Crippen LogP contribution is 2.29. The van der Waals surface area contributed by atoms with E-state index in [0.717, 1.165) is 26.6 Å². The molecule has 0 radical (unpaired) electrons. The van der Waals surface area contributed by atoms with Crippen LogP contribution >= 0.6 is 23.1 Å². The van der Waals surface area contributed by atoms with Crippen LogP contribution in [-0.2, 0) is 4.79 Å². The van der Waals surface area contributed by atoms with E-state index in [1.165, 1.54) is 23.1 Å². The van der Waals surface area contributed by atoms with Gasteiger partial charge in [0.15, 0.2) is 5.13 Å². The molecule has 0 saturated carbocycles. The average molecular weight is 374 g/mol. The van der Waals surface area contributed by atoms with Gasteiger partial charge in [-0.25, -0.2) is 4.98 Å². The van der Waals surface area contributed by atoms with Crippen LogP contribution in [0.15, 0.2) is 47.4 Å². The van der Waals surface area contributed by atoms with Gasteiger partial charge in [0.1, 0.15) is 11.5 Å². The standard InChI is InChI=1S/C18H18N2O3S2/c1-3-23-13-6-9-15-16(10-13)25-18(19-15)20-17(21)11-24-14-7-4-12(22-2)5-8-14/h4-10H,3,11H2,1-2H3,(H,19,20,21). The normalized spacial score (nSPS) is 10.6. The second-order valence-electron chi connectivity index (χ2n) is 5.09. The molecule has 7 heteroatoms. The molecule has 1 heterocycles. The summed E-state index contributed by atoms with van der Waals surface area (Å²) in [6, 6.07) is 13.4. The van der Waals surface area contributed by atoms with E-state index in [0.29, 0.717) is 17.5 Å². The van der Waals surface area contributed by atoms with Gasteiger partial charge in [0, 0.05) is 4.90 Å².